The van der Waals surface area contributed by atoms with Gasteiger partial charge < -0.3 is 5.32 Å². The summed E-state index contributed by atoms with van der Waals surface area (Å²) in [4.78, 5) is 0. The van der Waals surface area contributed by atoms with Crippen LogP contribution in [0.3, 0.4) is 0 Å². The molecule has 0 spiro atoms. The third kappa shape index (κ3) is 1.29. The van der Waals surface area contributed by atoms with E-state index in [1.807, 2.05) is 13.1 Å². The molecule has 1 rings (SSSR count). The summed E-state index contributed by atoms with van der Waals surface area (Å²) in [5, 5.41) is 3.15. The van der Waals surface area contributed by atoms with Crippen LogP contribution in [0.5, 0.6) is 0 Å². The highest BCUT2D eigenvalue weighted by Crippen LogP contribution is 2.13. The number of aryl methyl sites for hydroxylation is 1. The standard InChI is InChI=1S/C9H13N/c1-3-8-6-4-5-7-9(8)10-2/h4-7,10H,3H2,1-2H3. The first kappa shape index (κ1) is 7.13. The third-order valence-corrected chi connectivity index (χ3v) is 1.67. The second kappa shape index (κ2) is 3.25. The molecule has 0 aliphatic rings. The van der Waals surface area contributed by atoms with Crippen LogP contribution in [0.25, 0.3) is 0 Å². The fourth-order valence-corrected chi connectivity index (χ4v) is 1.07. The van der Waals surface area contributed by atoms with Crippen LogP contribution in [0.4, 0.5) is 5.69 Å². The summed E-state index contributed by atoms with van der Waals surface area (Å²) in [6, 6.07) is 8.36. The predicted octanol–water partition coefficient (Wildman–Crippen LogP) is 2.29. The van der Waals surface area contributed by atoms with E-state index in [4.69, 9.17) is 0 Å². The van der Waals surface area contributed by atoms with Crippen LogP contribution in [0.1, 0.15) is 12.5 Å². The van der Waals surface area contributed by atoms with Crippen molar-refractivity contribution in [3.8, 4) is 0 Å². The van der Waals surface area contributed by atoms with E-state index in [1.165, 1.54) is 11.3 Å². The van der Waals surface area contributed by atoms with Gasteiger partial charge in [-0.05, 0) is 18.1 Å². The van der Waals surface area contributed by atoms with E-state index in [0.717, 1.165) is 6.42 Å². The number of para-hydroxylation sites is 1. The van der Waals surface area contributed by atoms with Gasteiger partial charge in [0.2, 0.25) is 0 Å². The maximum absolute atomic E-state index is 3.15. The highest BCUT2D eigenvalue weighted by Gasteiger charge is 1.93. The normalized spacial score (nSPS) is 9.40. The topological polar surface area (TPSA) is 12.0 Å². The van der Waals surface area contributed by atoms with E-state index < -0.39 is 0 Å². The Morgan fingerprint density at radius 3 is 2.50 bits per heavy atom. The fraction of sp³-hybridized carbons (Fsp3) is 0.333. The van der Waals surface area contributed by atoms with Gasteiger partial charge in [0.15, 0.2) is 0 Å². The van der Waals surface area contributed by atoms with E-state index in [0.29, 0.717) is 0 Å². The van der Waals surface area contributed by atoms with Crippen LogP contribution in [0, 0.1) is 0 Å². The molecule has 1 aromatic carbocycles. The molecule has 10 heavy (non-hydrogen) atoms. The number of benzene rings is 1. The van der Waals surface area contributed by atoms with Crippen LogP contribution in [-0.4, -0.2) is 7.05 Å². The smallest absolute Gasteiger partial charge is 0.0370 e. The first-order valence-electron chi connectivity index (χ1n) is 3.64. The van der Waals surface area contributed by atoms with Crippen molar-refractivity contribution >= 4 is 5.69 Å². The average Bonchev–Trinajstić information content (AvgIpc) is 2.04. The highest BCUT2D eigenvalue weighted by molar-refractivity contribution is 5.50. The lowest BCUT2D eigenvalue weighted by Crippen LogP contribution is -1.92. The van der Waals surface area contributed by atoms with Gasteiger partial charge in [0.05, 0.1) is 0 Å². The highest BCUT2D eigenvalue weighted by atomic mass is 14.8. The van der Waals surface area contributed by atoms with Gasteiger partial charge in [-0.1, -0.05) is 25.1 Å². The van der Waals surface area contributed by atoms with Gasteiger partial charge in [-0.3, -0.25) is 0 Å². The van der Waals surface area contributed by atoms with Crippen molar-refractivity contribution in [2.45, 2.75) is 13.3 Å². The van der Waals surface area contributed by atoms with E-state index in [-0.39, 0.29) is 0 Å². The summed E-state index contributed by atoms with van der Waals surface area (Å²) < 4.78 is 0. The van der Waals surface area contributed by atoms with Gasteiger partial charge in [-0.15, -0.1) is 0 Å². The van der Waals surface area contributed by atoms with Crippen LogP contribution in [0.15, 0.2) is 24.3 Å². The van der Waals surface area contributed by atoms with Crippen LogP contribution in [-0.2, 0) is 6.42 Å². The van der Waals surface area contributed by atoms with Crippen molar-refractivity contribution in [1.82, 2.24) is 0 Å². The number of anilines is 1. The molecule has 0 saturated heterocycles. The molecule has 0 aromatic heterocycles. The first-order valence-corrected chi connectivity index (χ1v) is 3.64. The van der Waals surface area contributed by atoms with Crippen molar-refractivity contribution in [1.29, 1.82) is 0 Å². The lowest BCUT2D eigenvalue weighted by Gasteiger charge is -2.04. The molecule has 0 amide bonds. The molecule has 0 radical (unpaired) electrons. The molecule has 0 fully saturated rings. The molecule has 1 heteroatoms. The molecule has 1 N–H and O–H groups in total. The summed E-state index contributed by atoms with van der Waals surface area (Å²) in [7, 11) is 1.95. The quantitative estimate of drug-likeness (QED) is 0.656. The monoisotopic (exact) mass is 135 g/mol. The van der Waals surface area contributed by atoms with E-state index in [2.05, 4.69) is 30.4 Å². The number of rotatable bonds is 2. The number of hydrogen-bond donors (Lipinski definition) is 1. The van der Waals surface area contributed by atoms with Gasteiger partial charge >= 0.3 is 0 Å². The molecule has 0 aliphatic carbocycles. The molecule has 0 bridgehead atoms. The van der Waals surface area contributed by atoms with Crippen molar-refractivity contribution in [2.24, 2.45) is 0 Å². The Morgan fingerprint density at radius 2 is 2.00 bits per heavy atom. The third-order valence-electron chi connectivity index (χ3n) is 1.67. The molecule has 1 aromatic rings. The number of nitrogens with one attached hydrogen (secondary N) is 1. The van der Waals surface area contributed by atoms with Gasteiger partial charge in [0.25, 0.3) is 0 Å². The van der Waals surface area contributed by atoms with Gasteiger partial charge in [0, 0.05) is 12.7 Å². The maximum atomic E-state index is 3.15. The first-order chi connectivity index (χ1) is 4.88. The molecular weight excluding hydrogens is 122 g/mol. The molecule has 54 valence electrons. The lowest BCUT2D eigenvalue weighted by atomic mass is 10.1. The Kier molecular flexibility index (Phi) is 2.32. The predicted molar refractivity (Wildman–Crippen MR) is 45.4 cm³/mol. The molecule has 1 nitrogen and oxygen atoms in total. The van der Waals surface area contributed by atoms with Crippen LogP contribution >= 0.6 is 0 Å². The molecule has 0 saturated carbocycles. The molecule has 0 aliphatic heterocycles. The molecule has 0 heterocycles. The zero-order chi connectivity index (χ0) is 7.40. The Labute approximate surface area is 62.1 Å². The van der Waals surface area contributed by atoms with E-state index in [9.17, 15) is 0 Å². The van der Waals surface area contributed by atoms with E-state index >= 15 is 0 Å². The van der Waals surface area contributed by atoms with Crippen molar-refractivity contribution in [3.05, 3.63) is 29.8 Å². The Bertz CT molecular complexity index is 183. The van der Waals surface area contributed by atoms with Gasteiger partial charge in [0.1, 0.15) is 0 Å². The zero-order valence-corrected chi connectivity index (χ0v) is 6.52. The minimum absolute atomic E-state index is 1.09. The summed E-state index contributed by atoms with van der Waals surface area (Å²) in [5.41, 5.74) is 2.62. The van der Waals surface area contributed by atoms with Crippen LogP contribution < -0.4 is 5.32 Å². The van der Waals surface area contributed by atoms with Crippen LogP contribution in [0.2, 0.25) is 0 Å². The Balaban J connectivity index is 2.96. The zero-order valence-electron chi connectivity index (χ0n) is 6.52. The SMILES string of the molecule is CCc1ccccc1NC. The Hall–Kier alpha value is -0.980. The molecule has 0 unspecified atom stereocenters. The van der Waals surface area contributed by atoms with Gasteiger partial charge in [-0.25, -0.2) is 0 Å². The summed E-state index contributed by atoms with van der Waals surface area (Å²) in [6.07, 6.45) is 1.09. The van der Waals surface area contributed by atoms with Crippen molar-refractivity contribution < 1.29 is 0 Å². The summed E-state index contributed by atoms with van der Waals surface area (Å²) in [5.74, 6) is 0. The summed E-state index contributed by atoms with van der Waals surface area (Å²) in [6.45, 7) is 2.16. The fourth-order valence-electron chi connectivity index (χ4n) is 1.07. The lowest BCUT2D eigenvalue weighted by molar-refractivity contribution is 1.14. The second-order valence-corrected chi connectivity index (χ2v) is 2.26. The Morgan fingerprint density at radius 1 is 1.30 bits per heavy atom. The largest absolute Gasteiger partial charge is 0.388 e. The maximum Gasteiger partial charge on any atom is 0.0370 e. The summed E-state index contributed by atoms with van der Waals surface area (Å²) >= 11 is 0. The minimum Gasteiger partial charge on any atom is -0.388 e. The van der Waals surface area contributed by atoms with Crippen molar-refractivity contribution in [3.63, 3.8) is 0 Å². The van der Waals surface area contributed by atoms with Crippen molar-refractivity contribution in [2.75, 3.05) is 12.4 Å². The van der Waals surface area contributed by atoms with E-state index in [1.54, 1.807) is 0 Å². The number of hydrogen-bond acceptors (Lipinski definition) is 1. The molecule has 0 atom stereocenters. The average molecular weight is 135 g/mol. The minimum atomic E-state index is 1.09. The van der Waals surface area contributed by atoms with Gasteiger partial charge in [-0.2, -0.15) is 0 Å². The molecular formula is C9H13N. The second-order valence-electron chi connectivity index (χ2n) is 2.26.